The molecule has 0 aliphatic carbocycles. The van der Waals surface area contributed by atoms with Crippen molar-refractivity contribution in [2.45, 2.75) is 33.2 Å². The van der Waals surface area contributed by atoms with Gasteiger partial charge < -0.3 is 5.73 Å². The third kappa shape index (κ3) is 3.03. The van der Waals surface area contributed by atoms with Gasteiger partial charge in [-0.1, -0.05) is 13.8 Å². The summed E-state index contributed by atoms with van der Waals surface area (Å²) in [5.74, 6) is 0.480. The van der Waals surface area contributed by atoms with E-state index >= 15 is 0 Å². The first-order valence-corrected chi connectivity index (χ1v) is 5.12. The third-order valence-electron chi connectivity index (χ3n) is 2.04. The molecule has 3 N–H and O–H groups in total. The van der Waals surface area contributed by atoms with E-state index in [9.17, 15) is 4.79 Å². The summed E-state index contributed by atoms with van der Waals surface area (Å²) in [6.45, 7) is 5.60. The first kappa shape index (κ1) is 11.0. The zero-order valence-electron chi connectivity index (χ0n) is 8.92. The van der Waals surface area contributed by atoms with Gasteiger partial charge in [-0.25, -0.2) is 0 Å². The third-order valence-corrected chi connectivity index (χ3v) is 2.04. The van der Waals surface area contributed by atoms with Crippen LogP contribution in [-0.4, -0.2) is 16.3 Å². The average molecular weight is 197 g/mol. The van der Waals surface area contributed by atoms with Crippen molar-refractivity contribution < 1.29 is 0 Å². The number of H-pyrrole nitrogens is 1. The maximum absolute atomic E-state index is 11.4. The zero-order chi connectivity index (χ0) is 10.6. The standard InChI is InChI=1S/C10H19N3O/c1-8(2)7-13-10(14)6-9(12-13)4-3-5-11/h6,8,12H,3-5,7,11H2,1-2H3. The molecule has 0 bridgehead atoms. The van der Waals surface area contributed by atoms with E-state index in [-0.39, 0.29) is 5.56 Å². The molecule has 0 aromatic carbocycles. The summed E-state index contributed by atoms with van der Waals surface area (Å²) in [6.07, 6.45) is 1.78. The molecular formula is C10H19N3O. The largest absolute Gasteiger partial charge is 0.330 e. The molecule has 1 heterocycles. The molecule has 0 atom stereocenters. The van der Waals surface area contributed by atoms with Crippen LogP contribution in [0.5, 0.6) is 0 Å². The van der Waals surface area contributed by atoms with Gasteiger partial charge in [0, 0.05) is 18.3 Å². The Bertz CT molecular complexity index is 324. The SMILES string of the molecule is CC(C)Cn1[nH]c(CCCN)cc1=O. The summed E-state index contributed by atoms with van der Waals surface area (Å²) < 4.78 is 1.66. The molecular weight excluding hydrogens is 178 g/mol. The van der Waals surface area contributed by atoms with Crippen molar-refractivity contribution in [3.8, 4) is 0 Å². The van der Waals surface area contributed by atoms with E-state index in [4.69, 9.17) is 5.73 Å². The molecule has 0 spiro atoms. The van der Waals surface area contributed by atoms with Gasteiger partial charge in [0.25, 0.3) is 5.56 Å². The number of aromatic amines is 1. The highest BCUT2D eigenvalue weighted by Gasteiger charge is 2.03. The molecule has 80 valence electrons. The molecule has 0 unspecified atom stereocenters. The number of nitrogens with one attached hydrogen (secondary N) is 1. The molecule has 14 heavy (non-hydrogen) atoms. The van der Waals surface area contributed by atoms with Crippen molar-refractivity contribution in [1.29, 1.82) is 0 Å². The summed E-state index contributed by atoms with van der Waals surface area (Å²) in [5, 5.41) is 3.10. The van der Waals surface area contributed by atoms with Gasteiger partial charge in [-0.2, -0.15) is 0 Å². The Labute approximate surface area is 84.1 Å². The van der Waals surface area contributed by atoms with E-state index in [1.165, 1.54) is 0 Å². The lowest BCUT2D eigenvalue weighted by atomic mass is 10.2. The Morgan fingerprint density at radius 1 is 1.57 bits per heavy atom. The zero-order valence-corrected chi connectivity index (χ0v) is 8.92. The Morgan fingerprint density at radius 2 is 2.29 bits per heavy atom. The minimum atomic E-state index is 0.0609. The first-order chi connectivity index (χ1) is 6.63. The fourth-order valence-electron chi connectivity index (χ4n) is 1.41. The molecule has 0 saturated heterocycles. The van der Waals surface area contributed by atoms with Crippen LogP contribution < -0.4 is 11.3 Å². The van der Waals surface area contributed by atoms with E-state index in [0.717, 1.165) is 25.1 Å². The topological polar surface area (TPSA) is 63.8 Å². The molecule has 4 heteroatoms. The molecule has 0 aliphatic heterocycles. The van der Waals surface area contributed by atoms with Gasteiger partial charge in [-0.15, -0.1) is 0 Å². The molecule has 1 rings (SSSR count). The van der Waals surface area contributed by atoms with E-state index in [1.54, 1.807) is 10.7 Å². The predicted octanol–water partition coefficient (Wildman–Crippen LogP) is 0.724. The van der Waals surface area contributed by atoms with Gasteiger partial charge in [-0.05, 0) is 25.3 Å². The van der Waals surface area contributed by atoms with E-state index in [0.29, 0.717) is 12.5 Å². The van der Waals surface area contributed by atoms with Crippen molar-refractivity contribution in [1.82, 2.24) is 9.78 Å². The summed E-state index contributed by atoms with van der Waals surface area (Å²) in [7, 11) is 0. The monoisotopic (exact) mass is 197 g/mol. The van der Waals surface area contributed by atoms with Crippen LogP contribution in [0.3, 0.4) is 0 Å². The molecule has 0 aliphatic rings. The maximum atomic E-state index is 11.4. The molecule has 0 fully saturated rings. The lowest BCUT2D eigenvalue weighted by molar-refractivity contribution is 0.469. The number of hydrogen-bond acceptors (Lipinski definition) is 2. The van der Waals surface area contributed by atoms with Crippen molar-refractivity contribution >= 4 is 0 Å². The van der Waals surface area contributed by atoms with Gasteiger partial charge in [0.15, 0.2) is 0 Å². The molecule has 1 aromatic rings. The van der Waals surface area contributed by atoms with Gasteiger partial charge in [-0.3, -0.25) is 14.6 Å². The minimum Gasteiger partial charge on any atom is -0.330 e. The van der Waals surface area contributed by atoms with Gasteiger partial charge >= 0.3 is 0 Å². The normalized spacial score (nSPS) is 11.1. The van der Waals surface area contributed by atoms with Gasteiger partial charge in [0.05, 0.1) is 0 Å². The van der Waals surface area contributed by atoms with Crippen molar-refractivity contribution in [2.24, 2.45) is 11.7 Å². The Kier molecular flexibility index (Phi) is 3.95. The molecule has 1 aromatic heterocycles. The van der Waals surface area contributed by atoms with Crippen molar-refractivity contribution in [3.63, 3.8) is 0 Å². The fraction of sp³-hybridized carbons (Fsp3) is 0.700. The second-order valence-electron chi connectivity index (χ2n) is 4.02. The lowest BCUT2D eigenvalue weighted by Crippen LogP contribution is -2.18. The maximum Gasteiger partial charge on any atom is 0.266 e. The Hall–Kier alpha value is -1.03. The predicted molar refractivity (Wildman–Crippen MR) is 57.3 cm³/mol. The summed E-state index contributed by atoms with van der Waals surface area (Å²) in [5.41, 5.74) is 6.45. The summed E-state index contributed by atoms with van der Waals surface area (Å²) in [6, 6.07) is 1.66. The van der Waals surface area contributed by atoms with Crippen LogP contribution in [0.4, 0.5) is 0 Å². The second-order valence-corrected chi connectivity index (χ2v) is 4.02. The Morgan fingerprint density at radius 3 is 2.86 bits per heavy atom. The van der Waals surface area contributed by atoms with Gasteiger partial charge in [0.2, 0.25) is 0 Å². The van der Waals surface area contributed by atoms with Crippen LogP contribution >= 0.6 is 0 Å². The van der Waals surface area contributed by atoms with Gasteiger partial charge in [0.1, 0.15) is 0 Å². The van der Waals surface area contributed by atoms with E-state index < -0.39 is 0 Å². The highest BCUT2D eigenvalue weighted by molar-refractivity contribution is 4.99. The number of hydrogen-bond donors (Lipinski definition) is 2. The Balaban J connectivity index is 2.67. The lowest BCUT2D eigenvalue weighted by Gasteiger charge is -2.04. The smallest absolute Gasteiger partial charge is 0.266 e. The molecule has 0 radical (unpaired) electrons. The number of nitrogens with zero attached hydrogens (tertiary/aromatic N) is 1. The van der Waals surface area contributed by atoms with E-state index in [1.807, 2.05) is 0 Å². The van der Waals surface area contributed by atoms with Crippen LogP contribution in [0.2, 0.25) is 0 Å². The quantitative estimate of drug-likeness (QED) is 0.730. The van der Waals surface area contributed by atoms with Crippen LogP contribution in [0.25, 0.3) is 0 Å². The summed E-state index contributed by atoms with van der Waals surface area (Å²) in [4.78, 5) is 11.4. The van der Waals surface area contributed by atoms with Crippen LogP contribution in [0.1, 0.15) is 26.0 Å². The van der Waals surface area contributed by atoms with Crippen molar-refractivity contribution in [3.05, 3.63) is 22.1 Å². The number of aryl methyl sites for hydroxylation is 1. The van der Waals surface area contributed by atoms with Crippen LogP contribution in [0.15, 0.2) is 10.9 Å². The molecule has 0 amide bonds. The highest BCUT2D eigenvalue weighted by Crippen LogP contribution is 1.98. The van der Waals surface area contributed by atoms with Crippen molar-refractivity contribution in [2.75, 3.05) is 6.54 Å². The minimum absolute atomic E-state index is 0.0609. The van der Waals surface area contributed by atoms with Crippen LogP contribution in [-0.2, 0) is 13.0 Å². The molecule has 4 nitrogen and oxygen atoms in total. The highest BCUT2D eigenvalue weighted by atomic mass is 16.1. The van der Waals surface area contributed by atoms with Crippen LogP contribution in [0, 0.1) is 5.92 Å². The first-order valence-electron chi connectivity index (χ1n) is 5.12. The molecule has 0 saturated carbocycles. The number of rotatable bonds is 5. The number of aromatic nitrogens is 2. The second kappa shape index (κ2) is 5.00. The summed E-state index contributed by atoms with van der Waals surface area (Å²) >= 11 is 0. The number of nitrogens with two attached hydrogens (primary N) is 1. The fourth-order valence-corrected chi connectivity index (χ4v) is 1.41. The average Bonchev–Trinajstić information content (AvgIpc) is 2.43. The van der Waals surface area contributed by atoms with E-state index in [2.05, 4.69) is 18.9 Å².